The van der Waals surface area contributed by atoms with E-state index < -0.39 is 0 Å². The smallest absolute Gasteiger partial charge is 0.119 e. The minimum atomic E-state index is 0.478. The molecule has 0 saturated heterocycles. The lowest BCUT2D eigenvalue weighted by Crippen LogP contribution is -2.08. The summed E-state index contributed by atoms with van der Waals surface area (Å²) in [6, 6.07) is 1.95. The fourth-order valence-electron chi connectivity index (χ4n) is 2.01. The zero-order valence-electron chi connectivity index (χ0n) is 9.44. The lowest BCUT2D eigenvalue weighted by Gasteiger charge is -2.15. The van der Waals surface area contributed by atoms with Crippen LogP contribution in [0.4, 0.5) is 0 Å². The van der Waals surface area contributed by atoms with Gasteiger partial charge < -0.3 is 5.11 Å². The summed E-state index contributed by atoms with van der Waals surface area (Å²) in [4.78, 5) is 0. The standard InChI is InChI=1S/C12H19OP/c1-5-9-8(3)10(6-2)12(14-4)7-11(9)13/h7,13-14H,5-6H2,1-4H3. The van der Waals surface area contributed by atoms with Crippen LogP contribution in [0.3, 0.4) is 0 Å². The molecule has 0 aromatic heterocycles. The molecular formula is C12H19OP. The Morgan fingerprint density at radius 3 is 2.21 bits per heavy atom. The van der Waals surface area contributed by atoms with E-state index >= 15 is 0 Å². The Hall–Kier alpha value is -0.550. The number of phenolic OH excluding ortho intramolecular Hbond substituents is 1. The highest BCUT2D eigenvalue weighted by atomic mass is 31.1. The van der Waals surface area contributed by atoms with Gasteiger partial charge in [0.05, 0.1) is 0 Å². The van der Waals surface area contributed by atoms with E-state index in [1.165, 1.54) is 16.4 Å². The molecule has 1 atom stereocenters. The highest BCUT2D eigenvalue weighted by Gasteiger charge is 2.10. The Morgan fingerprint density at radius 1 is 1.21 bits per heavy atom. The summed E-state index contributed by atoms with van der Waals surface area (Å²) in [5.41, 5.74) is 3.84. The molecule has 0 heterocycles. The second-order valence-electron chi connectivity index (χ2n) is 3.48. The van der Waals surface area contributed by atoms with Gasteiger partial charge in [0, 0.05) is 0 Å². The van der Waals surface area contributed by atoms with Crippen molar-refractivity contribution in [2.45, 2.75) is 33.6 Å². The molecule has 0 bridgehead atoms. The summed E-state index contributed by atoms with van der Waals surface area (Å²) in [7, 11) is 0.766. The van der Waals surface area contributed by atoms with Crippen LogP contribution in [-0.4, -0.2) is 11.8 Å². The fraction of sp³-hybridized carbons (Fsp3) is 0.500. The van der Waals surface area contributed by atoms with E-state index in [2.05, 4.69) is 27.4 Å². The molecule has 0 aliphatic carbocycles. The molecule has 1 aromatic rings. The largest absolute Gasteiger partial charge is 0.508 e. The third kappa shape index (κ3) is 1.93. The third-order valence-electron chi connectivity index (χ3n) is 2.80. The predicted molar refractivity (Wildman–Crippen MR) is 65.5 cm³/mol. The molecule has 0 aliphatic rings. The van der Waals surface area contributed by atoms with Crippen LogP contribution in [0.25, 0.3) is 0 Å². The lowest BCUT2D eigenvalue weighted by molar-refractivity contribution is 0.468. The molecular weight excluding hydrogens is 191 g/mol. The van der Waals surface area contributed by atoms with E-state index in [-0.39, 0.29) is 0 Å². The van der Waals surface area contributed by atoms with Gasteiger partial charge in [-0.15, -0.1) is 0 Å². The van der Waals surface area contributed by atoms with Gasteiger partial charge in [-0.05, 0) is 54.5 Å². The molecule has 0 amide bonds. The van der Waals surface area contributed by atoms with Crippen molar-refractivity contribution in [2.75, 3.05) is 6.66 Å². The van der Waals surface area contributed by atoms with Gasteiger partial charge in [0.1, 0.15) is 5.75 Å². The molecule has 0 saturated carbocycles. The predicted octanol–water partition coefficient (Wildman–Crippen LogP) is 2.76. The zero-order valence-corrected chi connectivity index (χ0v) is 10.4. The molecule has 1 unspecified atom stereocenters. The van der Waals surface area contributed by atoms with Crippen molar-refractivity contribution in [3.8, 4) is 5.75 Å². The van der Waals surface area contributed by atoms with E-state index in [1.807, 2.05) is 6.07 Å². The van der Waals surface area contributed by atoms with E-state index in [1.54, 1.807) is 0 Å². The van der Waals surface area contributed by atoms with Gasteiger partial charge >= 0.3 is 0 Å². The molecule has 0 fully saturated rings. The van der Waals surface area contributed by atoms with Crippen LogP contribution in [0.15, 0.2) is 6.07 Å². The Labute approximate surface area is 88.3 Å². The molecule has 0 spiro atoms. The van der Waals surface area contributed by atoms with Crippen LogP contribution in [0.2, 0.25) is 0 Å². The Kier molecular flexibility index (Phi) is 3.95. The average Bonchev–Trinajstić information content (AvgIpc) is 2.17. The molecule has 1 nitrogen and oxygen atoms in total. The maximum Gasteiger partial charge on any atom is 0.119 e. The first-order valence-electron chi connectivity index (χ1n) is 5.17. The number of aromatic hydroxyl groups is 1. The van der Waals surface area contributed by atoms with E-state index in [0.29, 0.717) is 5.75 Å². The molecule has 14 heavy (non-hydrogen) atoms. The Morgan fingerprint density at radius 2 is 1.79 bits per heavy atom. The van der Waals surface area contributed by atoms with Crippen LogP contribution in [0.5, 0.6) is 5.75 Å². The number of benzene rings is 1. The summed E-state index contributed by atoms with van der Waals surface area (Å²) < 4.78 is 0. The summed E-state index contributed by atoms with van der Waals surface area (Å²) in [5.74, 6) is 0.478. The van der Waals surface area contributed by atoms with Crippen LogP contribution in [0, 0.1) is 6.92 Å². The topological polar surface area (TPSA) is 20.2 Å². The van der Waals surface area contributed by atoms with Crippen molar-refractivity contribution in [2.24, 2.45) is 0 Å². The summed E-state index contributed by atoms with van der Waals surface area (Å²) in [6.45, 7) is 8.57. The van der Waals surface area contributed by atoms with Gasteiger partial charge in [0.15, 0.2) is 0 Å². The maximum absolute atomic E-state index is 9.83. The normalized spacial score (nSPS) is 11.4. The van der Waals surface area contributed by atoms with Gasteiger partial charge in [-0.25, -0.2) is 0 Å². The van der Waals surface area contributed by atoms with Crippen LogP contribution in [-0.2, 0) is 12.8 Å². The number of hydrogen-bond acceptors (Lipinski definition) is 1. The van der Waals surface area contributed by atoms with Crippen molar-refractivity contribution in [1.82, 2.24) is 0 Å². The molecule has 78 valence electrons. The van der Waals surface area contributed by atoms with Crippen molar-refractivity contribution in [1.29, 1.82) is 0 Å². The number of rotatable bonds is 3. The van der Waals surface area contributed by atoms with Crippen molar-refractivity contribution >= 4 is 13.9 Å². The van der Waals surface area contributed by atoms with Crippen molar-refractivity contribution in [3.05, 3.63) is 22.8 Å². The van der Waals surface area contributed by atoms with Crippen molar-refractivity contribution < 1.29 is 5.11 Å². The lowest BCUT2D eigenvalue weighted by atomic mass is 9.98. The van der Waals surface area contributed by atoms with Gasteiger partial charge in [0.25, 0.3) is 0 Å². The molecule has 0 radical (unpaired) electrons. The van der Waals surface area contributed by atoms with E-state index in [9.17, 15) is 5.11 Å². The van der Waals surface area contributed by atoms with Gasteiger partial charge in [-0.1, -0.05) is 22.4 Å². The molecule has 1 N–H and O–H groups in total. The fourth-order valence-corrected chi connectivity index (χ4v) is 2.96. The molecule has 0 aliphatic heterocycles. The van der Waals surface area contributed by atoms with Crippen molar-refractivity contribution in [3.63, 3.8) is 0 Å². The monoisotopic (exact) mass is 210 g/mol. The summed E-state index contributed by atoms with van der Waals surface area (Å²) in [5, 5.41) is 11.1. The van der Waals surface area contributed by atoms with Gasteiger partial charge in [0.2, 0.25) is 0 Å². The second-order valence-corrected chi connectivity index (χ2v) is 4.52. The first kappa shape index (κ1) is 11.5. The highest BCUT2D eigenvalue weighted by molar-refractivity contribution is 7.46. The van der Waals surface area contributed by atoms with E-state index in [4.69, 9.17) is 0 Å². The van der Waals surface area contributed by atoms with Gasteiger partial charge in [-0.2, -0.15) is 0 Å². The number of phenols is 1. The first-order chi connectivity index (χ1) is 6.65. The van der Waals surface area contributed by atoms with Gasteiger partial charge in [-0.3, -0.25) is 0 Å². The minimum Gasteiger partial charge on any atom is -0.508 e. The Balaban J connectivity index is 3.39. The molecule has 2 heteroatoms. The van der Waals surface area contributed by atoms with Crippen LogP contribution >= 0.6 is 8.58 Å². The number of hydrogen-bond donors (Lipinski definition) is 1. The first-order valence-corrected chi connectivity index (χ1v) is 6.67. The minimum absolute atomic E-state index is 0.478. The Bertz CT molecular complexity index is 332. The molecule has 1 aromatic carbocycles. The molecule has 1 rings (SSSR count). The highest BCUT2D eigenvalue weighted by Crippen LogP contribution is 2.26. The third-order valence-corrected chi connectivity index (χ3v) is 3.78. The summed E-state index contributed by atoms with van der Waals surface area (Å²) in [6.07, 6.45) is 1.98. The average molecular weight is 210 g/mol. The summed E-state index contributed by atoms with van der Waals surface area (Å²) >= 11 is 0. The zero-order chi connectivity index (χ0) is 10.7. The quantitative estimate of drug-likeness (QED) is 0.760. The van der Waals surface area contributed by atoms with E-state index in [0.717, 1.165) is 27.0 Å². The van der Waals surface area contributed by atoms with Crippen LogP contribution < -0.4 is 5.30 Å². The second kappa shape index (κ2) is 4.79. The maximum atomic E-state index is 9.83. The SMILES string of the molecule is CCc1c(O)cc(PC)c(CC)c1C. The van der Waals surface area contributed by atoms with Crippen LogP contribution in [0.1, 0.15) is 30.5 Å².